The molecule has 0 unspecified atom stereocenters. The van der Waals surface area contributed by atoms with Gasteiger partial charge in [0.2, 0.25) is 17.7 Å². The van der Waals surface area contributed by atoms with E-state index in [4.69, 9.17) is 19.4 Å². The van der Waals surface area contributed by atoms with Crippen LogP contribution >= 0.6 is 0 Å². The molecule has 0 bridgehead atoms. The molecular formula is C27H31N5O3. The molecule has 3 aromatic rings. The smallest absolute Gasteiger partial charge is 0.229 e. The van der Waals surface area contributed by atoms with Gasteiger partial charge in [-0.2, -0.15) is 4.98 Å². The third-order valence-corrected chi connectivity index (χ3v) is 6.60. The van der Waals surface area contributed by atoms with Crippen molar-refractivity contribution < 1.29 is 14.3 Å². The number of nitrogens with zero attached hydrogens (tertiary/aromatic N) is 5. The maximum Gasteiger partial charge on any atom is 0.229 e. The molecule has 35 heavy (non-hydrogen) atoms. The Morgan fingerprint density at radius 3 is 2.49 bits per heavy atom. The van der Waals surface area contributed by atoms with Gasteiger partial charge in [-0.25, -0.2) is 4.98 Å². The summed E-state index contributed by atoms with van der Waals surface area (Å²) < 4.78 is 11.7. The molecule has 1 fully saturated rings. The number of carbonyl (C=O) groups excluding carboxylic acids is 1. The Morgan fingerprint density at radius 2 is 1.71 bits per heavy atom. The second-order valence-electron chi connectivity index (χ2n) is 9.05. The quantitative estimate of drug-likeness (QED) is 0.545. The molecule has 0 atom stereocenters. The lowest BCUT2D eigenvalue weighted by molar-refractivity contribution is -0.131. The van der Waals surface area contributed by atoms with E-state index in [1.165, 1.54) is 0 Å². The van der Waals surface area contributed by atoms with Gasteiger partial charge in [-0.15, -0.1) is 0 Å². The molecule has 3 heterocycles. The lowest BCUT2D eigenvalue weighted by atomic mass is 10.0. The second kappa shape index (κ2) is 10.3. The zero-order valence-corrected chi connectivity index (χ0v) is 20.3. The topological polar surface area (TPSA) is 71.0 Å². The van der Waals surface area contributed by atoms with Crippen LogP contribution in [0.25, 0.3) is 0 Å². The Bertz CT molecular complexity index is 1180. The van der Waals surface area contributed by atoms with E-state index in [-0.39, 0.29) is 5.91 Å². The number of aromatic nitrogens is 2. The van der Waals surface area contributed by atoms with E-state index in [9.17, 15) is 4.79 Å². The molecule has 1 amide bonds. The minimum Gasteiger partial charge on any atom is -0.497 e. The molecule has 8 heteroatoms. The number of likely N-dealkylation sites (N-methyl/N-ethyl adjacent to an activating group) is 1. The first-order valence-electron chi connectivity index (χ1n) is 12.1. The van der Waals surface area contributed by atoms with Crippen LogP contribution in [0, 0.1) is 0 Å². The van der Waals surface area contributed by atoms with Crippen LogP contribution in [0.5, 0.6) is 17.4 Å². The number of benzene rings is 2. The summed E-state index contributed by atoms with van der Waals surface area (Å²) in [6, 6.07) is 17.3. The van der Waals surface area contributed by atoms with Gasteiger partial charge in [-0.1, -0.05) is 36.4 Å². The van der Waals surface area contributed by atoms with Gasteiger partial charge in [0.15, 0.2) is 0 Å². The van der Waals surface area contributed by atoms with Gasteiger partial charge in [0.05, 0.1) is 31.3 Å². The highest BCUT2D eigenvalue weighted by Crippen LogP contribution is 2.33. The zero-order chi connectivity index (χ0) is 24.2. The summed E-state index contributed by atoms with van der Waals surface area (Å²) in [6.45, 7) is 4.74. The van der Waals surface area contributed by atoms with Crippen LogP contribution in [0.1, 0.15) is 16.8 Å². The van der Waals surface area contributed by atoms with Crippen LogP contribution in [0.15, 0.2) is 54.6 Å². The third kappa shape index (κ3) is 5.38. The predicted molar refractivity (Wildman–Crippen MR) is 134 cm³/mol. The number of ether oxygens (including phenoxy) is 2. The van der Waals surface area contributed by atoms with Gasteiger partial charge in [-0.3, -0.25) is 4.79 Å². The molecule has 0 aliphatic carbocycles. The number of methoxy groups -OCH3 is 1. The zero-order valence-electron chi connectivity index (χ0n) is 20.3. The minimum atomic E-state index is 0.0947. The number of hydrogen-bond acceptors (Lipinski definition) is 7. The van der Waals surface area contributed by atoms with E-state index in [0.29, 0.717) is 49.3 Å². The Labute approximate surface area is 206 Å². The monoisotopic (exact) mass is 473 g/mol. The highest BCUT2D eigenvalue weighted by molar-refractivity contribution is 5.79. The molecule has 5 rings (SSSR count). The lowest BCUT2D eigenvalue weighted by Gasteiger charge is -2.34. The lowest BCUT2D eigenvalue weighted by Crippen LogP contribution is -2.45. The molecule has 182 valence electrons. The standard InChI is InChI=1S/C27H31N5O3/c1-30-13-15-31(16-14-30)27-28-24-11-12-32(25(33)17-20-7-4-3-5-8-20)19-23(24)26(29-27)35-22-10-6-9-21(18-22)34-2/h3-10,18H,11-17,19H2,1-2H3. The van der Waals surface area contributed by atoms with Crippen molar-refractivity contribution in [2.45, 2.75) is 19.4 Å². The predicted octanol–water partition coefficient (Wildman–Crippen LogP) is 3.16. The number of rotatable bonds is 6. The van der Waals surface area contributed by atoms with Gasteiger partial charge in [-0.05, 0) is 24.7 Å². The van der Waals surface area contributed by atoms with Crippen molar-refractivity contribution >= 4 is 11.9 Å². The minimum absolute atomic E-state index is 0.0947. The molecular weight excluding hydrogens is 442 g/mol. The summed E-state index contributed by atoms with van der Waals surface area (Å²) in [5.41, 5.74) is 2.84. The van der Waals surface area contributed by atoms with Gasteiger partial charge in [0.1, 0.15) is 11.5 Å². The first kappa shape index (κ1) is 23.1. The number of amides is 1. The molecule has 0 spiro atoms. The van der Waals surface area contributed by atoms with Gasteiger partial charge >= 0.3 is 0 Å². The van der Waals surface area contributed by atoms with Crippen molar-refractivity contribution in [1.29, 1.82) is 0 Å². The van der Waals surface area contributed by atoms with Gasteiger partial charge < -0.3 is 24.2 Å². The molecule has 0 radical (unpaired) electrons. The average molecular weight is 474 g/mol. The van der Waals surface area contributed by atoms with Crippen molar-refractivity contribution in [3.63, 3.8) is 0 Å². The Hall–Kier alpha value is -3.65. The molecule has 2 aromatic carbocycles. The highest BCUT2D eigenvalue weighted by atomic mass is 16.5. The van der Waals surface area contributed by atoms with E-state index >= 15 is 0 Å². The molecule has 2 aliphatic rings. The fraction of sp³-hybridized carbons (Fsp3) is 0.370. The highest BCUT2D eigenvalue weighted by Gasteiger charge is 2.28. The number of fused-ring (bicyclic) bond motifs is 1. The Balaban J connectivity index is 1.43. The van der Waals surface area contributed by atoms with E-state index in [1.807, 2.05) is 59.5 Å². The van der Waals surface area contributed by atoms with Crippen LogP contribution in [0.2, 0.25) is 0 Å². The number of anilines is 1. The van der Waals surface area contributed by atoms with Crippen LogP contribution in [0.4, 0.5) is 5.95 Å². The first-order valence-corrected chi connectivity index (χ1v) is 12.1. The average Bonchev–Trinajstić information content (AvgIpc) is 2.89. The largest absolute Gasteiger partial charge is 0.497 e. The van der Waals surface area contributed by atoms with Crippen molar-refractivity contribution in [1.82, 2.24) is 19.8 Å². The van der Waals surface area contributed by atoms with Crippen LogP contribution in [-0.2, 0) is 24.2 Å². The van der Waals surface area contributed by atoms with Crippen molar-refractivity contribution in [2.75, 3.05) is 51.8 Å². The van der Waals surface area contributed by atoms with E-state index in [0.717, 1.165) is 43.0 Å². The summed E-state index contributed by atoms with van der Waals surface area (Å²) >= 11 is 0. The molecule has 0 N–H and O–H groups in total. The number of piperazine rings is 1. The first-order chi connectivity index (χ1) is 17.1. The van der Waals surface area contributed by atoms with Gasteiger partial charge in [0.25, 0.3) is 0 Å². The van der Waals surface area contributed by atoms with Crippen molar-refractivity contribution in [3.8, 4) is 17.4 Å². The molecule has 0 saturated carbocycles. The summed E-state index contributed by atoms with van der Waals surface area (Å²) in [6.07, 6.45) is 1.05. The fourth-order valence-electron chi connectivity index (χ4n) is 4.48. The summed E-state index contributed by atoms with van der Waals surface area (Å²) in [7, 11) is 3.76. The second-order valence-corrected chi connectivity index (χ2v) is 9.05. The summed E-state index contributed by atoms with van der Waals surface area (Å²) in [5.74, 6) is 2.65. The summed E-state index contributed by atoms with van der Waals surface area (Å²) in [4.78, 5) is 29.3. The van der Waals surface area contributed by atoms with Crippen molar-refractivity contribution in [3.05, 3.63) is 71.4 Å². The van der Waals surface area contributed by atoms with E-state index in [2.05, 4.69) is 16.8 Å². The van der Waals surface area contributed by atoms with Crippen LogP contribution in [0.3, 0.4) is 0 Å². The SMILES string of the molecule is COc1cccc(Oc2nc(N3CCN(C)CC3)nc3c2CN(C(=O)Cc2ccccc2)CC3)c1. The Morgan fingerprint density at radius 1 is 0.943 bits per heavy atom. The maximum absolute atomic E-state index is 13.1. The molecule has 8 nitrogen and oxygen atoms in total. The molecule has 1 saturated heterocycles. The van der Waals surface area contributed by atoms with E-state index < -0.39 is 0 Å². The normalized spacial score (nSPS) is 16.1. The number of hydrogen-bond donors (Lipinski definition) is 0. The Kier molecular flexibility index (Phi) is 6.81. The summed E-state index contributed by atoms with van der Waals surface area (Å²) in [5, 5.41) is 0. The van der Waals surface area contributed by atoms with E-state index in [1.54, 1.807) is 7.11 Å². The van der Waals surface area contributed by atoms with Crippen LogP contribution in [-0.4, -0.2) is 72.6 Å². The van der Waals surface area contributed by atoms with Crippen molar-refractivity contribution in [2.24, 2.45) is 0 Å². The van der Waals surface area contributed by atoms with Crippen LogP contribution < -0.4 is 14.4 Å². The molecule has 2 aliphatic heterocycles. The van der Waals surface area contributed by atoms with Gasteiger partial charge in [0, 0.05) is 45.2 Å². The third-order valence-electron chi connectivity index (χ3n) is 6.60. The number of carbonyl (C=O) groups is 1. The molecule has 1 aromatic heterocycles. The fourth-order valence-corrected chi connectivity index (χ4v) is 4.48. The maximum atomic E-state index is 13.1.